The molecule has 0 unspecified atom stereocenters. The zero-order chi connectivity index (χ0) is 14.7. The molecule has 3 heteroatoms. The van der Waals surface area contributed by atoms with Crippen LogP contribution in [0.25, 0.3) is 11.1 Å². The fourth-order valence-corrected chi connectivity index (χ4v) is 2.74. The predicted octanol–water partition coefficient (Wildman–Crippen LogP) is 3.70. The Morgan fingerprint density at radius 2 is 1.62 bits per heavy atom. The van der Waals surface area contributed by atoms with Crippen molar-refractivity contribution in [3.63, 3.8) is 0 Å². The van der Waals surface area contributed by atoms with Gasteiger partial charge in [-0.3, -0.25) is 0 Å². The van der Waals surface area contributed by atoms with Gasteiger partial charge in [0, 0.05) is 0 Å². The number of hydrogen-bond acceptors (Lipinski definition) is 2. The first-order valence-electron chi connectivity index (χ1n) is 7.21. The van der Waals surface area contributed by atoms with E-state index < -0.39 is 5.97 Å². The topological polar surface area (TPSA) is 46.5 Å². The van der Waals surface area contributed by atoms with Crippen LogP contribution in [0.1, 0.15) is 24.3 Å². The van der Waals surface area contributed by atoms with Crippen LogP contribution in [0.5, 0.6) is 0 Å². The maximum absolute atomic E-state index is 10.4. The molecule has 1 N–H and O–H groups in total. The van der Waals surface area contributed by atoms with Gasteiger partial charge in [0.25, 0.3) is 0 Å². The van der Waals surface area contributed by atoms with E-state index in [0.29, 0.717) is 5.92 Å². The normalized spacial score (nSPS) is 20.8. The van der Waals surface area contributed by atoms with Crippen molar-refractivity contribution in [2.45, 2.75) is 24.9 Å². The number of benzene rings is 2. The minimum Gasteiger partial charge on any atom is -0.480 e. The van der Waals surface area contributed by atoms with Crippen molar-refractivity contribution in [1.82, 2.24) is 0 Å². The van der Waals surface area contributed by atoms with Gasteiger partial charge in [0.15, 0.2) is 0 Å². The Hall–Kier alpha value is -2.13. The molecule has 0 spiro atoms. The van der Waals surface area contributed by atoms with E-state index in [1.807, 2.05) is 18.2 Å². The average Bonchev–Trinajstić information content (AvgIpc) is 2.47. The molecule has 1 fully saturated rings. The van der Waals surface area contributed by atoms with Gasteiger partial charge in [0.1, 0.15) is 6.61 Å². The summed E-state index contributed by atoms with van der Waals surface area (Å²) in [5.74, 6) is -0.403. The van der Waals surface area contributed by atoms with Crippen LogP contribution in [-0.4, -0.2) is 23.8 Å². The van der Waals surface area contributed by atoms with Crippen molar-refractivity contribution in [3.05, 3.63) is 60.2 Å². The first kappa shape index (κ1) is 13.8. The molecule has 0 bridgehead atoms. The second-order valence-corrected chi connectivity index (χ2v) is 5.48. The molecular weight excluding hydrogens is 264 g/mol. The second-order valence-electron chi connectivity index (χ2n) is 5.48. The molecule has 1 aliphatic carbocycles. The largest absolute Gasteiger partial charge is 0.480 e. The lowest BCUT2D eigenvalue weighted by molar-refractivity contribution is -0.146. The van der Waals surface area contributed by atoms with Crippen LogP contribution in [0, 0.1) is 0 Å². The SMILES string of the molecule is O=C(O)COC1CC(c2ccc(-c3ccccc3)cc2)C1. The third-order valence-corrected chi connectivity index (χ3v) is 4.03. The van der Waals surface area contributed by atoms with Crippen molar-refractivity contribution >= 4 is 5.97 Å². The summed E-state index contributed by atoms with van der Waals surface area (Å²) in [6.07, 6.45) is 1.93. The first-order chi connectivity index (χ1) is 10.2. The molecule has 0 aliphatic heterocycles. The Morgan fingerprint density at radius 3 is 2.24 bits per heavy atom. The predicted molar refractivity (Wildman–Crippen MR) is 81.2 cm³/mol. The van der Waals surface area contributed by atoms with Crippen LogP contribution in [-0.2, 0) is 9.53 Å². The standard InChI is InChI=1S/C18H18O3/c19-18(20)12-21-17-10-16(11-17)15-8-6-14(7-9-15)13-4-2-1-3-5-13/h1-9,16-17H,10-12H2,(H,19,20). The van der Waals surface area contributed by atoms with Crippen LogP contribution in [0.4, 0.5) is 0 Å². The number of carboxylic acid groups (broad SMARTS) is 1. The minimum absolute atomic E-state index is 0.0971. The highest BCUT2D eigenvalue weighted by Crippen LogP contribution is 2.39. The first-order valence-corrected chi connectivity index (χ1v) is 7.21. The monoisotopic (exact) mass is 282 g/mol. The van der Waals surface area contributed by atoms with E-state index in [-0.39, 0.29) is 12.7 Å². The molecule has 0 radical (unpaired) electrons. The Balaban J connectivity index is 1.58. The Morgan fingerprint density at radius 1 is 1.00 bits per heavy atom. The number of aliphatic carboxylic acids is 1. The molecule has 2 aromatic carbocycles. The second kappa shape index (κ2) is 6.10. The summed E-state index contributed by atoms with van der Waals surface area (Å²) in [5, 5.41) is 8.58. The van der Waals surface area contributed by atoms with Gasteiger partial charge in [-0.25, -0.2) is 4.79 Å². The summed E-state index contributed by atoms with van der Waals surface area (Å²) in [6.45, 7) is -0.190. The summed E-state index contributed by atoms with van der Waals surface area (Å²) < 4.78 is 5.28. The molecule has 108 valence electrons. The van der Waals surface area contributed by atoms with Crippen LogP contribution >= 0.6 is 0 Å². The molecule has 0 heterocycles. The Labute approximate surface area is 124 Å². The fraction of sp³-hybridized carbons (Fsp3) is 0.278. The van der Waals surface area contributed by atoms with Gasteiger partial charge in [-0.05, 0) is 35.4 Å². The molecule has 2 aromatic rings. The highest BCUT2D eigenvalue weighted by Gasteiger charge is 2.31. The van der Waals surface area contributed by atoms with Crippen molar-refractivity contribution in [2.24, 2.45) is 0 Å². The molecule has 0 saturated heterocycles. The average molecular weight is 282 g/mol. The van der Waals surface area contributed by atoms with E-state index in [4.69, 9.17) is 9.84 Å². The third-order valence-electron chi connectivity index (χ3n) is 4.03. The van der Waals surface area contributed by atoms with Crippen molar-refractivity contribution in [3.8, 4) is 11.1 Å². The Kier molecular flexibility index (Phi) is 4.02. The van der Waals surface area contributed by atoms with Gasteiger partial charge in [-0.1, -0.05) is 54.6 Å². The molecular formula is C18H18O3. The van der Waals surface area contributed by atoms with Gasteiger partial charge < -0.3 is 9.84 Å². The lowest BCUT2D eigenvalue weighted by Crippen LogP contribution is -2.31. The number of carbonyl (C=O) groups is 1. The highest BCUT2D eigenvalue weighted by molar-refractivity contribution is 5.68. The van der Waals surface area contributed by atoms with E-state index in [2.05, 4.69) is 36.4 Å². The highest BCUT2D eigenvalue weighted by atomic mass is 16.5. The fourth-order valence-electron chi connectivity index (χ4n) is 2.74. The maximum atomic E-state index is 10.4. The molecule has 3 rings (SSSR count). The van der Waals surface area contributed by atoms with Crippen LogP contribution < -0.4 is 0 Å². The van der Waals surface area contributed by atoms with Crippen molar-refractivity contribution in [1.29, 1.82) is 0 Å². The van der Waals surface area contributed by atoms with Gasteiger partial charge in [0.05, 0.1) is 6.10 Å². The third kappa shape index (κ3) is 3.31. The molecule has 1 aliphatic rings. The molecule has 0 atom stereocenters. The van der Waals surface area contributed by atoms with Crippen molar-refractivity contribution in [2.75, 3.05) is 6.61 Å². The summed E-state index contributed by atoms with van der Waals surface area (Å²) in [5.41, 5.74) is 3.75. The molecule has 0 aromatic heterocycles. The summed E-state index contributed by atoms with van der Waals surface area (Å²) in [7, 11) is 0. The molecule has 3 nitrogen and oxygen atoms in total. The smallest absolute Gasteiger partial charge is 0.329 e. The zero-order valence-corrected chi connectivity index (χ0v) is 11.7. The van der Waals surface area contributed by atoms with Gasteiger partial charge >= 0.3 is 5.97 Å². The molecule has 1 saturated carbocycles. The summed E-state index contributed by atoms with van der Waals surface area (Å²) in [6, 6.07) is 18.9. The summed E-state index contributed by atoms with van der Waals surface area (Å²) in [4.78, 5) is 10.4. The van der Waals surface area contributed by atoms with E-state index in [1.165, 1.54) is 16.7 Å². The van der Waals surface area contributed by atoms with E-state index >= 15 is 0 Å². The number of ether oxygens (including phenoxy) is 1. The maximum Gasteiger partial charge on any atom is 0.329 e. The van der Waals surface area contributed by atoms with E-state index in [0.717, 1.165) is 12.8 Å². The van der Waals surface area contributed by atoms with Crippen molar-refractivity contribution < 1.29 is 14.6 Å². The zero-order valence-electron chi connectivity index (χ0n) is 11.7. The van der Waals surface area contributed by atoms with Gasteiger partial charge in [-0.2, -0.15) is 0 Å². The lowest BCUT2D eigenvalue weighted by atomic mass is 9.77. The summed E-state index contributed by atoms with van der Waals surface area (Å²) >= 11 is 0. The molecule has 0 amide bonds. The van der Waals surface area contributed by atoms with E-state index in [1.54, 1.807) is 0 Å². The van der Waals surface area contributed by atoms with Crippen LogP contribution in [0.2, 0.25) is 0 Å². The number of hydrogen-bond donors (Lipinski definition) is 1. The minimum atomic E-state index is -0.898. The van der Waals surface area contributed by atoms with Crippen LogP contribution in [0.15, 0.2) is 54.6 Å². The quantitative estimate of drug-likeness (QED) is 0.909. The van der Waals surface area contributed by atoms with E-state index in [9.17, 15) is 4.79 Å². The number of carboxylic acids is 1. The lowest BCUT2D eigenvalue weighted by Gasteiger charge is -2.35. The van der Waals surface area contributed by atoms with Gasteiger partial charge in [0.2, 0.25) is 0 Å². The van der Waals surface area contributed by atoms with Gasteiger partial charge in [-0.15, -0.1) is 0 Å². The molecule has 21 heavy (non-hydrogen) atoms. The van der Waals surface area contributed by atoms with Crippen LogP contribution in [0.3, 0.4) is 0 Å². The number of rotatable bonds is 5. The Bertz CT molecular complexity index is 598.